The number of aliphatic hydroxyl groups is 1. The van der Waals surface area contributed by atoms with Crippen molar-refractivity contribution in [3.63, 3.8) is 0 Å². The van der Waals surface area contributed by atoms with Crippen LogP contribution in [0, 0.1) is 12.7 Å². The number of fused-ring (bicyclic) bond motifs is 1. The second-order valence-corrected chi connectivity index (χ2v) is 6.77. The lowest BCUT2D eigenvalue weighted by atomic mass is 9.97. The lowest BCUT2D eigenvalue weighted by Gasteiger charge is -2.37. The minimum atomic E-state index is -0.355. The number of aliphatic hydroxyl groups excluding tert-OH is 1. The highest BCUT2D eigenvalue weighted by atomic mass is 32.2. The quantitative estimate of drug-likeness (QED) is 0.775. The highest BCUT2D eigenvalue weighted by molar-refractivity contribution is 7.99. The lowest BCUT2D eigenvalue weighted by Crippen LogP contribution is -2.49. The summed E-state index contributed by atoms with van der Waals surface area (Å²) in [5.41, 5.74) is 7.09. The zero-order valence-corrected chi connectivity index (χ0v) is 12.8. The van der Waals surface area contributed by atoms with Gasteiger partial charge in [0.05, 0.1) is 17.7 Å². The molecule has 1 aromatic carbocycles. The largest absolute Gasteiger partial charge is 0.398 e. The topological polar surface area (TPSA) is 66.6 Å². The summed E-state index contributed by atoms with van der Waals surface area (Å²) in [6.45, 7) is 3.12. The number of hydrogen-bond donors (Lipinski definition) is 2. The number of nitrogens with two attached hydrogens (primary N) is 1. The third-order valence-electron chi connectivity index (χ3n) is 4.37. The van der Waals surface area contributed by atoms with E-state index >= 15 is 0 Å². The van der Waals surface area contributed by atoms with Gasteiger partial charge in [0.1, 0.15) is 5.82 Å². The van der Waals surface area contributed by atoms with Crippen molar-refractivity contribution in [2.24, 2.45) is 0 Å². The molecule has 0 aromatic heterocycles. The fraction of sp³-hybridized carbons (Fsp3) is 0.533. The molecule has 4 nitrogen and oxygen atoms in total. The van der Waals surface area contributed by atoms with Crippen molar-refractivity contribution in [1.82, 2.24) is 4.90 Å². The number of ketones is 1. The molecule has 1 atom stereocenters. The number of anilines is 1. The Balaban J connectivity index is 1.91. The molecule has 114 valence electrons. The predicted molar refractivity (Wildman–Crippen MR) is 81.2 cm³/mol. The van der Waals surface area contributed by atoms with Crippen LogP contribution in [-0.2, 0) is 0 Å². The van der Waals surface area contributed by atoms with E-state index in [4.69, 9.17) is 5.73 Å². The van der Waals surface area contributed by atoms with Gasteiger partial charge in [0.15, 0.2) is 5.78 Å². The fourth-order valence-electron chi connectivity index (χ4n) is 3.05. The molecule has 3 rings (SSSR count). The molecule has 2 aliphatic rings. The molecule has 1 fully saturated rings. The minimum Gasteiger partial charge on any atom is -0.398 e. The number of hydrogen-bond acceptors (Lipinski definition) is 5. The molecule has 2 heterocycles. The van der Waals surface area contributed by atoms with Crippen molar-refractivity contribution in [2.45, 2.75) is 36.8 Å². The van der Waals surface area contributed by atoms with E-state index in [2.05, 4.69) is 4.90 Å². The van der Waals surface area contributed by atoms with Crippen LogP contribution in [0.3, 0.4) is 0 Å². The molecule has 0 amide bonds. The number of benzene rings is 1. The summed E-state index contributed by atoms with van der Waals surface area (Å²) in [6, 6.07) is 1.02. The maximum absolute atomic E-state index is 13.7. The molecule has 6 heteroatoms. The summed E-state index contributed by atoms with van der Waals surface area (Å²) >= 11 is 1.50. The maximum atomic E-state index is 13.7. The van der Waals surface area contributed by atoms with Crippen LogP contribution in [0.4, 0.5) is 10.1 Å². The SMILES string of the molecule is Cc1c(F)cc(N)c2c1SCC(N1CCC(O)CC1)C2=O. The Kier molecular flexibility index (Phi) is 3.94. The summed E-state index contributed by atoms with van der Waals surface area (Å²) in [7, 11) is 0. The molecular weight excluding hydrogens is 291 g/mol. The molecule has 0 radical (unpaired) electrons. The highest BCUT2D eigenvalue weighted by Gasteiger charge is 2.36. The molecule has 0 saturated carbocycles. The molecule has 1 saturated heterocycles. The van der Waals surface area contributed by atoms with Crippen LogP contribution in [0.5, 0.6) is 0 Å². The summed E-state index contributed by atoms with van der Waals surface area (Å²) < 4.78 is 13.7. The van der Waals surface area contributed by atoms with Crippen LogP contribution in [-0.4, -0.2) is 46.8 Å². The standard InChI is InChI=1S/C15H19FN2O2S/c1-8-10(16)6-11(17)13-14(20)12(7-21-15(8)13)18-4-2-9(19)3-5-18/h6,9,12,19H,2-5,7,17H2,1H3. The van der Waals surface area contributed by atoms with Crippen molar-refractivity contribution >= 4 is 23.2 Å². The summed E-state index contributed by atoms with van der Waals surface area (Å²) in [5, 5.41) is 9.58. The number of nitrogens with zero attached hydrogens (tertiary/aromatic N) is 1. The van der Waals surface area contributed by atoms with Crippen molar-refractivity contribution in [2.75, 3.05) is 24.6 Å². The molecule has 0 spiro atoms. The van der Waals surface area contributed by atoms with E-state index in [1.807, 2.05) is 0 Å². The Labute approximate surface area is 127 Å². The summed E-state index contributed by atoms with van der Waals surface area (Å²) in [5.74, 6) is 0.248. The van der Waals surface area contributed by atoms with Gasteiger partial charge in [-0.15, -0.1) is 11.8 Å². The van der Waals surface area contributed by atoms with Crippen molar-refractivity contribution in [3.05, 3.63) is 23.0 Å². The number of carbonyl (C=O) groups is 1. The van der Waals surface area contributed by atoms with E-state index < -0.39 is 0 Å². The first-order valence-corrected chi connectivity index (χ1v) is 8.15. The van der Waals surface area contributed by atoms with Crippen LogP contribution >= 0.6 is 11.8 Å². The van der Waals surface area contributed by atoms with E-state index in [9.17, 15) is 14.3 Å². The minimum absolute atomic E-state index is 0.0132. The van der Waals surface area contributed by atoms with Crippen LogP contribution in [0.1, 0.15) is 28.8 Å². The Morgan fingerprint density at radius 3 is 2.76 bits per heavy atom. The molecule has 1 unspecified atom stereocenters. The molecule has 0 aliphatic carbocycles. The smallest absolute Gasteiger partial charge is 0.184 e. The zero-order chi connectivity index (χ0) is 15.1. The number of Topliss-reactive ketones (excluding diaryl/α,β-unsaturated/α-hetero) is 1. The third kappa shape index (κ3) is 2.56. The monoisotopic (exact) mass is 310 g/mol. The Morgan fingerprint density at radius 1 is 1.43 bits per heavy atom. The van der Waals surface area contributed by atoms with Gasteiger partial charge in [-0.2, -0.15) is 0 Å². The maximum Gasteiger partial charge on any atom is 0.184 e. The Morgan fingerprint density at radius 2 is 2.10 bits per heavy atom. The van der Waals surface area contributed by atoms with E-state index in [1.54, 1.807) is 6.92 Å². The number of likely N-dealkylation sites (tertiary alicyclic amines) is 1. The molecule has 3 N–H and O–H groups in total. The van der Waals surface area contributed by atoms with Crippen molar-refractivity contribution < 1.29 is 14.3 Å². The van der Waals surface area contributed by atoms with Crippen LogP contribution in [0.2, 0.25) is 0 Å². The Hall–Kier alpha value is -1.11. The zero-order valence-electron chi connectivity index (χ0n) is 11.9. The number of rotatable bonds is 1. The van der Waals surface area contributed by atoms with Gasteiger partial charge >= 0.3 is 0 Å². The number of halogens is 1. The second-order valence-electron chi connectivity index (χ2n) is 5.73. The normalized spacial score (nSPS) is 24.1. The molecule has 1 aromatic rings. The van der Waals surface area contributed by atoms with Crippen molar-refractivity contribution in [1.29, 1.82) is 0 Å². The number of nitrogen functional groups attached to an aromatic ring is 1. The first kappa shape index (κ1) is 14.8. The molecular formula is C15H19FN2O2S. The van der Waals surface area contributed by atoms with Gasteiger partial charge < -0.3 is 10.8 Å². The van der Waals surface area contributed by atoms with Crippen LogP contribution in [0.25, 0.3) is 0 Å². The van der Waals surface area contributed by atoms with Gasteiger partial charge in [0.25, 0.3) is 0 Å². The molecule has 0 bridgehead atoms. The first-order valence-electron chi connectivity index (χ1n) is 7.16. The van der Waals surface area contributed by atoms with Gasteiger partial charge in [0.2, 0.25) is 0 Å². The Bertz CT molecular complexity index is 586. The van der Waals surface area contributed by atoms with Gasteiger partial charge in [0, 0.05) is 29.4 Å². The van der Waals surface area contributed by atoms with Crippen LogP contribution < -0.4 is 5.73 Å². The highest BCUT2D eigenvalue weighted by Crippen LogP contribution is 2.39. The summed E-state index contributed by atoms with van der Waals surface area (Å²) in [6.07, 6.45) is 1.12. The molecule has 21 heavy (non-hydrogen) atoms. The van der Waals surface area contributed by atoms with E-state index in [0.717, 1.165) is 0 Å². The first-order chi connectivity index (χ1) is 9.99. The number of thioether (sulfide) groups is 1. The van der Waals surface area contributed by atoms with Crippen LogP contribution in [0.15, 0.2) is 11.0 Å². The van der Waals surface area contributed by atoms with Gasteiger partial charge in [-0.05, 0) is 31.4 Å². The number of piperidine rings is 1. The van der Waals surface area contributed by atoms with Crippen molar-refractivity contribution in [3.8, 4) is 0 Å². The summed E-state index contributed by atoms with van der Waals surface area (Å²) in [4.78, 5) is 15.6. The second kappa shape index (κ2) is 5.59. The van der Waals surface area contributed by atoms with E-state index in [-0.39, 0.29) is 29.4 Å². The predicted octanol–water partition coefficient (Wildman–Crippen LogP) is 1.83. The fourth-order valence-corrected chi connectivity index (χ4v) is 4.42. The number of carbonyl (C=O) groups excluding carboxylic acids is 1. The van der Waals surface area contributed by atoms with E-state index in [0.29, 0.717) is 47.7 Å². The van der Waals surface area contributed by atoms with Gasteiger partial charge in [-0.1, -0.05) is 0 Å². The average Bonchev–Trinajstić information content (AvgIpc) is 2.45. The van der Waals surface area contributed by atoms with Gasteiger partial charge in [-0.25, -0.2) is 4.39 Å². The third-order valence-corrected chi connectivity index (χ3v) is 5.65. The average molecular weight is 310 g/mol. The van der Waals surface area contributed by atoms with Gasteiger partial charge in [-0.3, -0.25) is 9.69 Å². The molecule has 2 aliphatic heterocycles. The lowest BCUT2D eigenvalue weighted by molar-refractivity contribution is 0.0552. The van der Waals surface area contributed by atoms with E-state index in [1.165, 1.54) is 17.8 Å².